The van der Waals surface area contributed by atoms with Crippen molar-refractivity contribution in [2.45, 2.75) is 11.1 Å². The highest BCUT2D eigenvalue weighted by Crippen LogP contribution is 2.39. The van der Waals surface area contributed by atoms with Crippen LogP contribution in [0.5, 0.6) is 5.75 Å². The highest BCUT2D eigenvalue weighted by atomic mass is 32.2. The summed E-state index contributed by atoms with van der Waals surface area (Å²) in [6.45, 7) is 0. The Hall–Kier alpha value is -0.840. The Bertz CT molecular complexity index is 309. The minimum atomic E-state index is -4.49. The Labute approximate surface area is 77.6 Å². The van der Waals surface area contributed by atoms with Crippen molar-refractivity contribution in [3.05, 3.63) is 23.8 Å². The van der Waals surface area contributed by atoms with Crippen molar-refractivity contribution in [1.82, 2.24) is 0 Å². The number of hydrogen-bond acceptors (Lipinski definition) is 2. The van der Waals surface area contributed by atoms with Crippen LogP contribution in [0.15, 0.2) is 23.1 Å². The summed E-state index contributed by atoms with van der Waals surface area (Å²) in [5.74, 6) is -0.692. The minimum absolute atomic E-state index is 0.231. The molecule has 0 aliphatic rings. The lowest BCUT2D eigenvalue weighted by Gasteiger charge is -2.10. The summed E-state index contributed by atoms with van der Waals surface area (Å²) < 4.78 is 36.6. The van der Waals surface area contributed by atoms with Gasteiger partial charge >= 0.3 is 6.18 Å². The van der Waals surface area contributed by atoms with E-state index in [1.54, 1.807) is 6.26 Å². The minimum Gasteiger partial charge on any atom is -0.506 e. The van der Waals surface area contributed by atoms with Gasteiger partial charge in [0.1, 0.15) is 5.75 Å². The maximum absolute atomic E-state index is 12.2. The van der Waals surface area contributed by atoms with E-state index in [2.05, 4.69) is 0 Å². The molecule has 1 rings (SSSR count). The molecule has 0 saturated carbocycles. The third-order valence-corrected chi connectivity index (χ3v) is 2.29. The highest BCUT2D eigenvalue weighted by molar-refractivity contribution is 7.98. The second-order valence-corrected chi connectivity index (χ2v) is 3.20. The van der Waals surface area contributed by atoms with Crippen molar-refractivity contribution in [2.75, 3.05) is 6.26 Å². The Morgan fingerprint density at radius 3 is 2.38 bits per heavy atom. The Morgan fingerprint density at radius 1 is 1.31 bits per heavy atom. The number of phenols is 1. The highest BCUT2D eigenvalue weighted by Gasteiger charge is 2.34. The lowest BCUT2D eigenvalue weighted by Crippen LogP contribution is -2.05. The standard InChI is InChI=1S/C8H7F3OS/c1-13-6-4-2-3-5(7(6)12)8(9,10)11/h2-4,12H,1H3. The maximum atomic E-state index is 12.2. The number of rotatable bonds is 1. The quantitative estimate of drug-likeness (QED) is 0.715. The number of phenolic OH excluding ortho intramolecular Hbond substituents is 1. The van der Waals surface area contributed by atoms with Crippen LogP contribution in [0.1, 0.15) is 5.56 Å². The number of halogens is 3. The molecule has 1 aromatic carbocycles. The zero-order valence-electron chi connectivity index (χ0n) is 6.72. The molecule has 1 N–H and O–H groups in total. The molecule has 0 aliphatic heterocycles. The summed E-state index contributed by atoms with van der Waals surface area (Å²) in [6, 6.07) is 3.57. The van der Waals surface area contributed by atoms with E-state index >= 15 is 0 Å². The average Bonchev–Trinajstić information content (AvgIpc) is 2.02. The summed E-state index contributed by atoms with van der Waals surface area (Å²) in [5.41, 5.74) is -0.987. The monoisotopic (exact) mass is 208 g/mol. The number of hydrogen-bond donors (Lipinski definition) is 1. The first kappa shape index (κ1) is 10.2. The van der Waals surface area contributed by atoms with Gasteiger partial charge in [0.2, 0.25) is 0 Å². The van der Waals surface area contributed by atoms with Gasteiger partial charge in [-0.15, -0.1) is 11.8 Å². The van der Waals surface area contributed by atoms with E-state index < -0.39 is 17.5 Å². The molecular weight excluding hydrogens is 201 g/mol. The predicted molar refractivity (Wildman–Crippen MR) is 44.9 cm³/mol. The second-order valence-electron chi connectivity index (χ2n) is 2.35. The third-order valence-electron chi connectivity index (χ3n) is 1.52. The van der Waals surface area contributed by atoms with Crippen LogP contribution >= 0.6 is 11.8 Å². The molecule has 5 heteroatoms. The number of benzene rings is 1. The van der Waals surface area contributed by atoms with Gasteiger partial charge in [-0.2, -0.15) is 13.2 Å². The SMILES string of the molecule is CSc1cccc(C(F)(F)F)c1O. The fraction of sp³-hybridized carbons (Fsp3) is 0.250. The molecule has 0 heterocycles. The molecule has 13 heavy (non-hydrogen) atoms. The van der Waals surface area contributed by atoms with Gasteiger partial charge in [-0.1, -0.05) is 6.07 Å². The van der Waals surface area contributed by atoms with Crippen molar-refractivity contribution in [3.8, 4) is 5.75 Å². The van der Waals surface area contributed by atoms with Crippen molar-refractivity contribution < 1.29 is 18.3 Å². The summed E-state index contributed by atoms with van der Waals surface area (Å²) in [7, 11) is 0. The maximum Gasteiger partial charge on any atom is 0.419 e. The van der Waals surface area contributed by atoms with E-state index in [0.29, 0.717) is 0 Å². The van der Waals surface area contributed by atoms with Gasteiger partial charge in [-0.3, -0.25) is 0 Å². The first-order valence-electron chi connectivity index (χ1n) is 3.40. The van der Waals surface area contributed by atoms with Crippen LogP contribution in [0.2, 0.25) is 0 Å². The molecule has 0 aromatic heterocycles. The molecule has 0 fully saturated rings. The fourth-order valence-corrected chi connectivity index (χ4v) is 1.43. The molecule has 0 bridgehead atoms. The van der Waals surface area contributed by atoms with E-state index in [0.717, 1.165) is 17.8 Å². The van der Waals surface area contributed by atoms with Crippen LogP contribution in [0.3, 0.4) is 0 Å². The smallest absolute Gasteiger partial charge is 0.419 e. The third kappa shape index (κ3) is 2.09. The van der Waals surface area contributed by atoms with Gasteiger partial charge in [0.05, 0.1) is 5.56 Å². The summed E-state index contributed by atoms with van der Waals surface area (Å²) in [6.07, 6.45) is -2.88. The van der Waals surface area contributed by atoms with E-state index in [1.807, 2.05) is 0 Å². The van der Waals surface area contributed by atoms with Gasteiger partial charge in [0.25, 0.3) is 0 Å². The molecule has 1 nitrogen and oxygen atoms in total. The molecule has 1 aromatic rings. The van der Waals surface area contributed by atoms with Gasteiger partial charge in [0.15, 0.2) is 0 Å². The van der Waals surface area contributed by atoms with E-state index in [9.17, 15) is 18.3 Å². The molecule has 0 unspecified atom stereocenters. The number of para-hydroxylation sites is 1. The topological polar surface area (TPSA) is 20.2 Å². The molecule has 72 valence electrons. The van der Waals surface area contributed by atoms with Crippen LogP contribution in [-0.4, -0.2) is 11.4 Å². The normalized spacial score (nSPS) is 11.7. The van der Waals surface area contributed by atoms with E-state index in [1.165, 1.54) is 12.1 Å². The number of alkyl halides is 3. The fourth-order valence-electron chi connectivity index (χ4n) is 0.916. The number of thioether (sulfide) groups is 1. The first-order valence-corrected chi connectivity index (χ1v) is 4.62. The number of aromatic hydroxyl groups is 1. The Morgan fingerprint density at radius 2 is 1.92 bits per heavy atom. The van der Waals surface area contributed by atoms with Crippen molar-refractivity contribution in [2.24, 2.45) is 0 Å². The molecule has 0 aliphatic carbocycles. The second kappa shape index (κ2) is 3.49. The van der Waals surface area contributed by atoms with Crippen LogP contribution in [0.4, 0.5) is 13.2 Å². The van der Waals surface area contributed by atoms with Crippen LogP contribution < -0.4 is 0 Å². The lowest BCUT2D eigenvalue weighted by atomic mass is 10.2. The molecule has 0 spiro atoms. The van der Waals surface area contributed by atoms with Crippen molar-refractivity contribution in [3.63, 3.8) is 0 Å². The molecular formula is C8H7F3OS. The Balaban J connectivity index is 3.24. The van der Waals surface area contributed by atoms with E-state index in [4.69, 9.17) is 0 Å². The zero-order chi connectivity index (χ0) is 10.1. The van der Waals surface area contributed by atoms with Gasteiger partial charge in [0, 0.05) is 4.90 Å². The zero-order valence-corrected chi connectivity index (χ0v) is 7.54. The average molecular weight is 208 g/mol. The van der Waals surface area contributed by atoms with Gasteiger partial charge in [-0.05, 0) is 18.4 Å². The van der Waals surface area contributed by atoms with E-state index in [-0.39, 0.29) is 4.90 Å². The van der Waals surface area contributed by atoms with Crippen LogP contribution in [0.25, 0.3) is 0 Å². The molecule has 0 amide bonds. The predicted octanol–water partition coefficient (Wildman–Crippen LogP) is 3.13. The van der Waals surface area contributed by atoms with Crippen LogP contribution in [0, 0.1) is 0 Å². The lowest BCUT2D eigenvalue weighted by molar-refractivity contribution is -0.139. The summed E-state index contributed by atoms with van der Waals surface area (Å²) >= 11 is 1.08. The van der Waals surface area contributed by atoms with Crippen LogP contribution in [-0.2, 0) is 6.18 Å². The Kier molecular flexibility index (Phi) is 2.75. The van der Waals surface area contributed by atoms with Gasteiger partial charge in [-0.25, -0.2) is 0 Å². The summed E-state index contributed by atoms with van der Waals surface area (Å²) in [4.78, 5) is 0.231. The molecule has 0 atom stereocenters. The summed E-state index contributed by atoms with van der Waals surface area (Å²) in [5, 5.41) is 9.18. The first-order chi connectivity index (χ1) is 5.96. The van der Waals surface area contributed by atoms with Crippen molar-refractivity contribution in [1.29, 1.82) is 0 Å². The largest absolute Gasteiger partial charge is 0.506 e. The molecule has 0 saturated heterocycles. The van der Waals surface area contributed by atoms with Crippen molar-refractivity contribution >= 4 is 11.8 Å². The molecule has 0 radical (unpaired) electrons. The van der Waals surface area contributed by atoms with Gasteiger partial charge < -0.3 is 5.11 Å².